The van der Waals surface area contributed by atoms with Gasteiger partial charge in [0.15, 0.2) is 0 Å². The zero-order valence-corrected chi connectivity index (χ0v) is 15.0. The van der Waals surface area contributed by atoms with Gasteiger partial charge in [-0.2, -0.15) is 0 Å². The van der Waals surface area contributed by atoms with Gasteiger partial charge in [-0.1, -0.05) is 34.6 Å². The number of aromatic nitrogens is 2. The Morgan fingerprint density at radius 1 is 1.19 bits per heavy atom. The van der Waals surface area contributed by atoms with E-state index in [1.165, 1.54) is 23.6 Å². The minimum atomic E-state index is 0.125. The van der Waals surface area contributed by atoms with Gasteiger partial charge in [-0.3, -0.25) is 0 Å². The summed E-state index contributed by atoms with van der Waals surface area (Å²) in [5.41, 5.74) is 3.20. The molecule has 1 aromatic heterocycles. The molecule has 0 aromatic carbocycles. The lowest BCUT2D eigenvalue weighted by molar-refractivity contribution is 0.204. The average Bonchev–Trinajstić information content (AvgIpc) is 2.62. The molecule has 0 unspecified atom stereocenters. The van der Waals surface area contributed by atoms with Gasteiger partial charge in [-0.05, 0) is 31.6 Å². The Labute approximate surface area is 130 Å². The number of hydrogen-bond donors (Lipinski definition) is 1. The molecule has 120 valence electrons. The molecule has 0 spiro atoms. The van der Waals surface area contributed by atoms with Crippen LogP contribution in [0.5, 0.6) is 0 Å². The number of nitrogens with zero attached hydrogens (tertiary/aromatic N) is 2. The van der Waals surface area contributed by atoms with Crippen molar-refractivity contribution in [3.63, 3.8) is 0 Å². The van der Waals surface area contributed by atoms with E-state index in [0.717, 1.165) is 25.9 Å². The minimum absolute atomic E-state index is 0.125. The molecule has 1 N–H and O–H groups in total. The number of rotatable bonds is 4. The molecule has 2 heterocycles. The minimum Gasteiger partial charge on any atom is -0.326 e. The first-order chi connectivity index (χ1) is 9.60. The number of nitrogens with one attached hydrogen (secondary N) is 1. The van der Waals surface area contributed by atoms with Gasteiger partial charge in [0.05, 0.1) is 5.69 Å². The largest absolute Gasteiger partial charge is 0.326 e. The van der Waals surface area contributed by atoms with Gasteiger partial charge in [-0.15, -0.1) is 0 Å². The van der Waals surface area contributed by atoms with E-state index in [0.29, 0.717) is 11.3 Å². The summed E-state index contributed by atoms with van der Waals surface area (Å²) in [5, 5.41) is 3.46. The van der Waals surface area contributed by atoms with Crippen LogP contribution in [0.15, 0.2) is 0 Å². The van der Waals surface area contributed by atoms with Gasteiger partial charge in [0.1, 0.15) is 5.82 Å². The monoisotopic (exact) mass is 291 g/mol. The van der Waals surface area contributed by atoms with Crippen LogP contribution in [0.1, 0.15) is 72.1 Å². The zero-order chi connectivity index (χ0) is 15.8. The first-order valence-electron chi connectivity index (χ1n) is 8.41. The molecule has 0 saturated carbocycles. The van der Waals surface area contributed by atoms with Crippen LogP contribution in [-0.4, -0.2) is 16.1 Å². The van der Waals surface area contributed by atoms with Gasteiger partial charge in [0.25, 0.3) is 0 Å². The molecule has 3 heteroatoms. The Hall–Kier alpha value is -0.830. The van der Waals surface area contributed by atoms with E-state index in [4.69, 9.17) is 4.98 Å². The normalized spacial score (nSPS) is 16.4. The summed E-state index contributed by atoms with van der Waals surface area (Å²) >= 11 is 0. The molecule has 0 fully saturated rings. The van der Waals surface area contributed by atoms with E-state index in [1.807, 2.05) is 0 Å². The van der Waals surface area contributed by atoms with Gasteiger partial charge in [0, 0.05) is 37.2 Å². The fourth-order valence-electron chi connectivity index (χ4n) is 3.96. The van der Waals surface area contributed by atoms with Crippen molar-refractivity contribution in [1.82, 2.24) is 14.9 Å². The second kappa shape index (κ2) is 5.75. The van der Waals surface area contributed by atoms with Crippen molar-refractivity contribution in [2.45, 2.75) is 79.8 Å². The van der Waals surface area contributed by atoms with Crippen molar-refractivity contribution in [1.29, 1.82) is 0 Å². The van der Waals surface area contributed by atoms with Crippen LogP contribution in [0, 0.1) is 11.3 Å². The second-order valence-electron chi connectivity index (χ2n) is 8.83. The van der Waals surface area contributed by atoms with E-state index in [2.05, 4.69) is 58.4 Å². The molecule has 0 aliphatic carbocycles. The molecular formula is C18H33N3. The number of hydrogen-bond acceptors (Lipinski definition) is 2. The van der Waals surface area contributed by atoms with E-state index >= 15 is 0 Å². The fourth-order valence-corrected chi connectivity index (χ4v) is 3.96. The van der Waals surface area contributed by atoms with Crippen molar-refractivity contribution in [2.75, 3.05) is 6.54 Å². The van der Waals surface area contributed by atoms with Crippen LogP contribution < -0.4 is 5.32 Å². The van der Waals surface area contributed by atoms with Gasteiger partial charge >= 0.3 is 0 Å². The van der Waals surface area contributed by atoms with Crippen molar-refractivity contribution in [3.05, 3.63) is 17.2 Å². The Morgan fingerprint density at radius 2 is 1.86 bits per heavy atom. The summed E-state index contributed by atoms with van der Waals surface area (Å²) in [6, 6.07) is 0. The third-order valence-electron chi connectivity index (χ3n) is 4.12. The Morgan fingerprint density at radius 3 is 2.43 bits per heavy atom. The highest BCUT2D eigenvalue weighted by atomic mass is 15.2. The van der Waals surface area contributed by atoms with Crippen molar-refractivity contribution < 1.29 is 0 Å². The SMILES string of the molecule is CC(C)Cc1nc2c(n1C(C)(C)CC(C)(C)C)CCNC2. The van der Waals surface area contributed by atoms with Gasteiger partial charge in [0.2, 0.25) is 0 Å². The summed E-state index contributed by atoms with van der Waals surface area (Å²) in [6.07, 6.45) is 3.34. The fraction of sp³-hybridized carbons (Fsp3) is 0.833. The maximum atomic E-state index is 4.99. The van der Waals surface area contributed by atoms with Crippen molar-refractivity contribution >= 4 is 0 Å². The van der Waals surface area contributed by atoms with Gasteiger partial charge < -0.3 is 9.88 Å². The van der Waals surface area contributed by atoms with Crippen LogP contribution >= 0.6 is 0 Å². The Kier molecular flexibility index (Phi) is 4.53. The summed E-state index contributed by atoms with van der Waals surface area (Å²) in [5.74, 6) is 1.93. The highest BCUT2D eigenvalue weighted by molar-refractivity contribution is 5.23. The molecule has 1 aromatic rings. The summed E-state index contributed by atoms with van der Waals surface area (Å²) in [6.45, 7) is 18.3. The van der Waals surface area contributed by atoms with E-state index in [-0.39, 0.29) is 5.54 Å². The first-order valence-corrected chi connectivity index (χ1v) is 8.41. The topological polar surface area (TPSA) is 29.9 Å². The van der Waals surface area contributed by atoms with Crippen LogP contribution in [0.4, 0.5) is 0 Å². The second-order valence-corrected chi connectivity index (χ2v) is 8.83. The lowest BCUT2D eigenvalue weighted by Gasteiger charge is -2.37. The Balaban J connectivity index is 2.46. The highest BCUT2D eigenvalue weighted by Crippen LogP contribution is 2.36. The zero-order valence-electron chi connectivity index (χ0n) is 15.0. The lowest BCUT2D eigenvalue weighted by Crippen LogP contribution is -2.36. The average molecular weight is 291 g/mol. The van der Waals surface area contributed by atoms with Crippen LogP contribution in [0.2, 0.25) is 0 Å². The van der Waals surface area contributed by atoms with E-state index < -0.39 is 0 Å². The molecule has 0 saturated heterocycles. The maximum Gasteiger partial charge on any atom is 0.110 e. The van der Waals surface area contributed by atoms with E-state index in [9.17, 15) is 0 Å². The summed E-state index contributed by atoms with van der Waals surface area (Å²) in [4.78, 5) is 4.99. The van der Waals surface area contributed by atoms with Crippen molar-refractivity contribution in [3.8, 4) is 0 Å². The molecule has 1 aliphatic rings. The highest BCUT2D eigenvalue weighted by Gasteiger charge is 2.33. The number of imidazole rings is 1. The molecule has 3 nitrogen and oxygen atoms in total. The smallest absolute Gasteiger partial charge is 0.110 e. The molecule has 0 bridgehead atoms. The molecule has 0 atom stereocenters. The van der Waals surface area contributed by atoms with Crippen LogP contribution in [0.25, 0.3) is 0 Å². The molecule has 2 rings (SSSR count). The summed E-state index contributed by atoms with van der Waals surface area (Å²) < 4.78 is 2.58. The molecular weight excluding hydrogens is 258 g/mol. The molecule has 0 amide bonds. The maximum absolute atomic E-state index is 4.99. The first kappa shape index (κ1) is 16.5. The predicted octanol–water partition coefficient (Wildman–Crippen LogP) is 3.90. The third-order valence-corrected chi connectivity index (χ3v) is 4.12. The lowest BCUT2D eigenvalue weighted by atomic mass is 9.81. The Bertz CT molecular complexity index is 489. The third kappa shape index (κ3) is 3.88. The van der Waals surface area contributed by atoms with Crippen LogP contribution in [-0.2, 0) is 24.9 Å². The molecule has 1 aliphatic heterocycles. The predicted molar refractivity (Wildman–Crippen MR) is 89.6 cm³/mol. The summed E-state index contributed by atoms with van der Waals surface area (Å²) in [7, 11) is 0. The number of fused-ring (bicyclic) bond motifs is 1. The van der Waals surface area contributed by atoms with Gasteiger partial charge in [-0.25, -0.2) is 4.98 Å². The van der Waals surface area contributed by atoms with Crippen molar-refractivity contribution in [2.24, 2.45) is 11.3 Å². The van der Waals surface area contributed by atoms with Crippen LogP contribution in [0.3, 0.4) is 0 Å². The molecule has 0 radical (unpaired) electrons. The van der Waals surface area contributed by atoms with E-state index in [1.54, 1.807) is 0 Å². The quantitative estimate of drug-likeness (QED) is 0.912. The molecule has 21 heavy (non-hydrogen) atoms. The standard InChI is InChI=1S/C18H33N3/c1-13(2)10-16-20-14-11-19-9-8-15(14)21(16)18(6,7)12-17(3,4)5/h13,19H,8-12H2,1-7H3.